The van der Waals surface area contributed by atoms with Gasteiger partial charge < -0.3 is 9.73 Å². The Bertz CT molecular complexity index is 583. The van der Waals surface area contributed by atoms with Gasteiger partial charge in [0.1, 0.15) is 11.5 Å². The van der Waals surface area contributed by atoms with Crippen molar-refractivity contribution in [3.05, 3.63) is 35.2 Å². The molecule has 0 saturated heterocycles. The quantitative estimate of drug-likeness (QED) is 0.580. The molecule has 19 heavy (non-hydrogen) atoms. The summed E-state index contributed by atoms with van der Waals surface area (Å²) in [6.45, 7) is 5.63. The number of hydrazine groups is 1. The van der Waals surface area contributed by atoms with Gasteiger partial charge in [-0.2, -0.15) is 4.98 Å². The Labute approximate surface area is 110 Å². The molecule has 0 aliphatic heterocycles. The van der Waals surface area contributed by atoms with Crippen LogP contribution in [0.3, 0.4) is 0 Å². The Hall–Kier alpha value is -2.15. The normalized spacial score (nSPS) is 12.3. The summed E-state index contributed by atoms with van der Waals surface area (Å²) in [6.07, 6.45) is 1.06. The summed E-state index contributed by atoms with van der Waals surface area (Å²) < 4.78 is 19.1. The van der Waals surface area contributed by atoms with Crippen LogP contribution in [0.5, 0.6) is 0 Å². The first-order chi connectivity index (χ1) is 9.01. The van der Waals surface area contributed by atoms with Crippen molar-refractivity contribution in [2.24, 2.45) is 5.84 Å². The lowest BCUT2D eigenvalue weighted by molar-refractivity contribution is 0.499. The second kappa shape index (κ2) is 5.23. The molecule has 2 rings (SSSR count). The number of aryl methyl sites for hydroxylation is 2. The van der Waals surface area contributed by atoms with E-state index in [1.165, 1.54) is 0 Å². The summed E-state index contributed by atoms with van der Waals surface area (Å²) in [5.41, 5.74) is 3.23. The van der Waals surface area contributed by atoms with Crippen molar-refractivity contribution in [3.63, 3.8) is 0 Å². The van der Waals surface area contributed by atoms with Gasteiger partial charge in [-0.1, -0.05) is 0 Å². The molecule has 6 nitrogen and oxygen atoms in total. The van der Waals surface area contributed by atoms with Crippen LogP contribution in [0.15, 0.2) is 16.7 Å². The third-order valence-corrected chi connectivity index (χ3v) is 2.77. The third kappa shape index (κ3) is 2.82. The number of nitrogens with zero attached hydrogens (tertiary/aromatic N) is 2. The van der Waals surface area contributed by atoms with Gasteiger partial charge in [-0.25, -0.2) is 15.2 Å². The second-order valence-electron chi connectivity index (χ2n) is 4.27. The molecule has 1 atom stereocenters. The van der Waals surface area contributed by atoms with E-state index < -0.39 is 5.82 Å². The van der Waals surface area contributed by atoms with Crippen LogP contribution in [0.1, 0.15) is 30.0 Å². The number of anilines is 2. The Kier molecular flexibility index (Phi) is 3.66. The van der Waals surface area contributed by atoms with E-state index in [0.717, 1.165) is 23.3 Å². The van der Waals surface area contributed by atoms with Gasteiger partial charge in [0.15, 0.2) is 11.6 Å². The summed E-state index contributed by atoms with van der Waals surface area (Å²) in [6, 6.07) is 1.77. The minimum absolute atomic E-state index is 0.0914. The van der Waals surface area contributed by atoms with Crippen molar-refractivity contribution in [3.8, 4) is 0 Å². The molecule has 0 aromatic carbocycles. The highest BCUT2D eigenvalue weighted by molar-refractivity contribution is 5.43. The number of aromatic nitrogens is 2. The van der Waals surface area contributed by atoms with E-state index in [4.69, 9.17) is 10.3 Å². The maximum Gasteiger partial charge on any atom is 0.239 e. The van der Waals surface area contributed by atoms with Crippen LogP contribution in [0.4, 0.5) is 16.2 Å². The van der Waals surface area contributed by atoms with E-state index in [0.29, 0.717) is 0 Å². The summed E-state index contributed by atoms with van der Waals surface area (Å²) in [4.78, 5) is 7.61. The molecule has 2 aromatic heterocycles. The topological polar surface area (TPSA) is 89.0 Å². The first kappa shape index (κ1) is 13.3. The van der Waals surface area contributed by atoms with Crippen molar-refractivity contribution < 1.29 is 8.81 Å². The van der Waals surface area contributed by atoms with Crippen molar-refractivity contribution in [2.75, 3.05) is 10.7 Å². The first-order valence-corrected chi connectivity index (χ1v) is 5.84. The molecule has 0 radical (unpaired) electrons. The SMILES string of the molecule is Cc1cc(C(C)Nc2nc(NN)ncc2F)c(C)o1. The highest BCUT2D eigenvalue weighted by Crippen LogP contribution is 2.25. The lowest BCUT2D eigenvalue weighted by Crippen LogP contribution is -2.14. The second-order valence-corrected chi connectivity index (χ2v) is 4.27. The lowest BCUT2D eigenvalue weighted by Gasteiger charge is -2.14. The van der Waals surface area contributed by atoms with Crippen molar-refractivity contribution in [1.82, 2.24) is 9.97 Å². The van der Waals surface area contributed by atoms with Gasteiger partial charge >= 0.3 is 0 Å². The number of hydrogen-bond donors (Lipinski definition) is 3. The molecule has 0 saturated carbocycles. The zero-order valence-electron chi connectivity index (χ0n) is 11.0. The molecule has 4 N–H and O–H groups in total. The van der Waals surface area contributed by atoms with Gasteiger partial charge in [-0.15, -0.1) is 0 Å². The average Bonchev–Trinajstić information content (AvgIpc) is 2.71. The highest BCUT2D eigenvalue weighted by Gasteiger charge is 2.15. The van der Waals surface area contributed by atoms with Crippen LogP contribution in [-0.2, 0) is 0 Å². The Morgan fingerprint density at radius 2 is 2.16 bits per heavy atom. The monoisotopic (exact) mass is 265 g/mol. The van der Waals surface area contributed by atoms with Gasteiger partial charge in [0.05, 0.1) is 12.2 Å². The minimum Gasteiger partial charge on any atom is -0.466 e. The summed E-state index contributed by atoms with van der Waals surface area (Å²) in [5.74, 6) is 6.51. The first-order valence-electron chi connectivity index (χ1n) is 5.84. The maximum atomic E-state index is 13.6. The highest BCUT2D eigenvalue weighted by atomic mass is 19.1. The molecular weight excluding hydrogens is 249 g/mol. The zero-order valence-corrected chi connectivity index (χ0v) is 11.0. The molecule has 0 amide bonds. The van der Waals surface area contributed by atoms with Crippen LogP contribution >= 0.6 is 0 Å². The summed E-state index contributed by atoms with van der Waals surface area (Å²) in [7, 11) is 0. The molecule has 2 aromatic rings. The zero-order chi connectivity index (χ0) is 14.0. The van der Waals surface area contributed by atoms with Crippen LogP contribution in [0.25, 0.3) is 0 Å². The van der Waals surface area contributed by atoms with Crippen LogP contribution < -0.4 is 16.6 Å². The number of nitrogen functional groups attached to an aromatic ring is 1. The Balaban J connectivity index is 2.23. The van der Waals surface area contributed by atoms with Crippen molar-refractivity contribution >= 4 is 11.8 Å². The van der Waals surface area contributed by atoms with Gasteiger partial charge in [-0.05, 0) is 26.8 Å². The van der Waals surface area contributed by atoms with Crippen LogP contribution in [0, 0.1) is 19.7 Å². The fraction of sp³-hybridized carbons (Fsp3) is 0.333. The number of halogens is 1. The smallest absolute Gasteiger partial charge is 0.239 e. The largest absolute Gasteiger partial charge is 0.466 e. The fourth-order valence-electron chi connectivity index (χ4n) is 1.90. The van der Waals surface area contributed by atoms with Crippen molar-refractivity contribution in [2.45, 2.75) is 26.8 Å². The summed E-state index contributed by atoms with van der Waals surface area (Å²) >= 11 is 0. The molecule has 0 aliphatic rings. The van der Waals surface area contributed by atoms with E-state index in [2.05, 4.69) is 20.7 Å². The van der Waals surface area contributed by atoms with Gasteiger partial charge in [0, 0.05) is 5.56 Å². The van der Waals surface area contributed by atoms with E-state index in [1.54, 1.807) is 0 Å². The van der Waals surface area contributed by atoms with E-state index >= 15 is 0 Å². The van der Waals surface area contributed by atoms with E-state index in [1.807, 2.05) is 26.8 Å². The molecule has 102 valence electrons. The molecular formula is C12H16FN5O. The standard InChI is InChI=1S/C12H16FN5O/c1-6-4-9(8(3)19-6)7(2)16-11-10(13)5-15-12(17-11)18-14/h4-5,7H,14H2,1-3H3,(H2,15,16,17,18). The van der Waals surface area contributed by atoms with Gasteiger partial charge in [0.25, 0.3) is 0 Å². The van der Waals surface area contributed by atoms with E-state index in [9.17, 15) is 4.39 Å². The molecule has 0 aliphatic carbocycles. The minimum atomic E-state index is -0.538. The maximum absolute atomic E-state index is 13.6. The number of rotatable bonds is 4. The third-order valence-electron chi connectivity index (χ3n) is 2.77. The molecule has 0 bridgehead atoms. The fourth-order valence-corrected chi connectivity index (χ4v) is 1.90. The Morgan fingerprint density at radius 3 is 2.74 bits per heavy atom. The molecule has 7 heteroatoms. The molecule has 0 fully saturated rings. The predicted molar refractivity (Wildman–Crippen MR) is 70.0 cm³/mol. The van der Waals surface area contributed by atoms with E-state index in [-0.39, 0.29) is 17.8 Å². The Morgan fingerprint density at radius 1 is 1.42 bits per heavy atom. The number of nitrogens with two attached hydrogens (primary N) is 1. The lowest BCUT2D eigenvalue weighted by atomic mass is 10.1. The average molecular weight is 265 g/mol. The number of furan rings is 1. The molecule has 0 spiro atoms. The van der Waals surface area contributed by atoms with Crippen LogP contribution in [-0.4, -0.2) is 9.97 Å². The number of nitrogens with one attached hydrogen (secondary N) is 2. The van der Waals surface area contributed by atoms with Crippen molar-refractivity contribution in [1.29, 1.82) is 0 Å². The predicted octanol–water partition coefficient (Wildman–Crippen LogP) is 2.28. The number of hydrogen-bond acceptors (Lipinski definition) is 6. The van der Waals surface area contributed by atoms with Gasteiger partial charge in [-0.3, -0.25) is 5.43 Å². The summed E-state index contributed by atoms with van der Waals surface area (Å²) in [5, 5.41) is 2.97. The molecule has 2 heterocycles. The molecule has 1 unspecified atom stereocenters. The van der Waals surface area contributed by atoms with Gasteiger partial charge in [0.2, 0.25) is 5.95 Å². The van der Waals surface area contributed by atoms with Crippen LogP contribution in [0.2, 0.25) is 0 Å².